The van der Waals surface area contributed by atoms with Gasteiger partial charge in [0, 0.05) is 48.7 Å². The van der Waals surface area contributed by atoms with E-state index in [1.165, 1.54) is 13.8 Å². The van der Waals surface area contributed by atoms with E-state index in [4.69, 9.17) is 18.9 Å². The molecule has 5 aliphatic rings. The molecule has 0 radical (unpaired) electrons. The summed E-state index contributed by atoms with van der Waals surface area (Å²) >= 11 is 0. The summed E-state index contributed by atoms with van der Waals surface area (Å²) in [6.45, 7) is 11.2. The molecule has 0 bridgehead atoms. The number of carbonyl (C=O) groups is 3. The van der Waals surface area contributed by atoms with Crippen molar-refractivity contribution in [2.24, 2.45) is 22.7 Å². The summed E-state index contributed by atoms with van der Waals surface area (Å²) in [5, 5.41) is 0. The zero-order valence-corrected chi connectivity index (χ0v) is 19.2. The second kappa shape index (κ2) is 6.33. The Morgan fingerprint density at radius 1 is 1.10 bits per heavy atom. The number of fused-ring (bicyclic) bond motifs is 4. The van der Waals surface area contributed by atoms with Crippen molar-refractivity contribution in [1.29, 1.82) is 0 Å². The molecule has 7 heteroatoms. The smallest absolute Gasteiger partial charge is 0.334 e. The maximum Gasteiger partial charge on any atom is 0.334 e. The van der Waals surface area contributed by atoms with Crippen molar-refractivity contribution in [3.8, 4) is 0 Å². The first kappa shape index (κ1) is 21.0. The number of rotatable bonds is 2. The highest BCUT2D eigenvalue weighted by Gasteiger charge is 2.78. The first-order valence-electron chi connectivity index (χ1n) is 11.4. The van der Waals surface area contributed by atoms with Crippen LogP contribution in [-0.2, 0) is 33.3 Å². The predicted octanol–water partition coefficient (Wildman–Crippen LogP) is 3.10. The van der Waals surface area contributed by atoms with Gasteiger partial charge in [-0.25, -0.2) is 4.79 Å². The van der Waals surface area contributed by atoms with E-state index in [0.29, 0.717) is 12.0 Å². The predicted molar refractivity (Wildman–Crippen MR) is 109 cm³/mol. The Labute approximate surface area is 182 Å². The molecule has 7 nitrogen and oxygen atoms in total. The third kappa shape index (κ3) is 2.71. The zero-order valence-electron chi connectivity index (χ0n) is 19.2. The Morgan fingerprint density at radius 2 is 1.77 bits per heavy atom. The lowest BCUT2D eigenvalue weighted by Gasteiger charge is -2.63. The van der Waals surface area contributed by atoms with Crippen LogP contribution in [-0.4, -0.2) is 47.9 Å². The van der Waals surface area contributed by atoms with Crippen molar-refractivity contribution < 1.29 is 33.3 Å². The van der Waals surface area contributed by atoms with Gasteiger partial charge in [-0.15, -0.1) is 0 Å². The Kier molecular flexibility index (Phi) is 4.29. The fourth-order valence-electron chi connectivity index (χ4n) is 7.98. The van der Waals surface area contributed by atoms with Crippen molar-refractivity contribution in [3.63, 3.8) is 0 Å². The van der Waals surface area contributed by atoms with Gasteiger partial charge in [0.2, 0.25) is 0 Å². The van der Waals surface area contributed by atoms with Gasteiger partial charge in [-0.3, -0.25) is 9.59 Å². The van der Waals surface area contributed by atoms with Crippen molar-refractivity contribution in [2.75, 3.05) is 0 Å². The molecule has 5 rings (SSSR count). The number of carbonyl (C=O) groups excluding carboxylic acids is 3. The topological polar surface area (TPSA) is 91.4 Å². The van der Waals surface area contributed by atoms with E-state index < -0.39 is 5.60 Å². The normalized spacial score (nSPS) is 46.7. The molecule has 31 heavy (non-hydrogen) atoms. The highest BCUT2D eigenvalue weighted by Crippen LogP contribution is 2.72. The molecule has 8 atom stereocenters. The largest absolute Gasteiger partial charge is 0.462 e. The quantitative estimate of drug-likeness (QED) is 0.376. The monoisotopic (exact) mass is 432 g/mol. The Hall–Kier alpha value is -1.89. The van der Waals surface area contributed by atoms with Gasteiger partial charge in [0.25, 0.3) is 0 Å². The number of esters is 3. The zero-order chi connectivity index (χ0) is 22.5. The van der Waals surface area contributed by atoms with E-state index in [9.17, 15) is 14.4 Å². The lowest BCUT2D eigenvalue weighted by molar-refractivity contribution is -0.223. The lowest BCUT2D eigenvalue weighted by Crippen LogP contribution is -2.66. The molecule has 0 aromatic heterocycles. The molecule has 1 spiro atoms. The maximum absolute atomic E-state index is 12.3. The van der Waals surface area contributed by atoms with Crippen molar-refractivity contribution in [3.05, 3.63) is 11.1 Å². The minimum Gasteiger partial charge on any atom is -0.462 e. The Bertz CT molecular complexity index is 904. The van der Waals surface area contributed by atoms with Gasteiger partial charge < -0.3 is 18.9 Å². The number of hydrogen-bond acceptors (Lipinski definition) is 7. The van der Waals surface area contributed by atoms with Crippen LogP contribution in [0.4, 0.5) is 0 Å². The molecule has 2 heterocycles. The van der Waals surface area contributed by atoms with Gasteiger partial charge in [0.1, 0.15) is 30.0 Å². The van der Waals surface area contributed by atoms with E-state index in [1.54, 1.807) is 0 Å². The third-order valence-corrected chi connectivity index (χ3v) is 8.98. The van der Waals surface area contributed by atoms with Crippen LogP contribution >= 0.6 is 0 Å². The number of epoxide rings is 1. The van der Waals surface area contributed by atoms with Gasteiger partial charge in [-0.05, 0) is 31.6 Å². The van der Waals surface area contributed by atoms with Crippen molar-refractivity contribution in [2.45, 2.75) is 97.2 Å². The second-order valence-electron chi connectivity index (χ2n) is 11.0. The van der Waals surface area contributed by atoms with Crippen LogP contribution < -0.4 is 0 Å². The molecular formula is C24H32O7. The van der Waals surface area contributed by atoms with Crippen LogP contribution in [0.15, 0.2) is 11.1 Å². The SMILES string of the molecule is CC(=O)O[C@H]1CC[C@]2(C)[C@H]([C@H](OC(C)=O)C[C@@]34O[C@@H]3C3=C(C)C(=O)O[C@@H]3C[C@@H]24)C1(C)C. The average Bonchev–Trinajstić information content (AvgIpc) is 3.27. The summed E-state index contributed by atoms with van der Waals surface area (Å²) in [6, 6.07) is 0. The Balaban J connectivity index is 1.57. The maximum atomic E-state index is 12.3. The minimum absolute atomic E-state index is 0.00814. The molecule has 0 unspecified atom stereocenters. The summed E-state index contributed by atoms with van der Waals surface area (Å²) in [4.78, 5) is 36.2. The molecule has 0 N–H and O–H groups in total. The highest BCUT2D eigenvalue weighted by molar-refractivity contribution is 5.92. The fraction of sp³-hybridized carbons (Fsp3) is 0.792. The molecular weight excluding hydrogens is 400 g/mol. The fourth-order valence-corrected chi connectivity index (χ4v) is 7.98. The summed E-state index contributed by atoms with van der Waals surface area (Å²) < 4.78 is 23.8. The van der Waals surface area contributed by atoms with Gasteiger partial charge in [-0.1, -0.05) is 20.8 Å². The second-order valence-corrected chi connectivity index (χ2v) is 11.0. The lowest BCUT2D eigenvalue weighted by atomic mass is 9.42. The van der Waals surface area contributed by atoms with E-state index in [0.717, 1.165) is 24.8 Å². The molecule has 3 saturated carbocycles. The van der Waals surface area contributed by atoms with Crippen molar-refractivity contribution >= 4 is 17.9 Å². The van der Waals surface area contributed by atoms with E-state index in [1.807, 2.05) is 6.92 Å². The molecule has 1 saturated heterocycles. The summed E-state index contributed by atoms with van der Waals surface area (Å²) in [5.74, 6) is -0.683. The van der Waals surface area contributed by atoms with Crippen LogP contribution in [0, 0.1) is 22.7 Å². The van der Waals surface area contributed by atoms with E-state index in [2.05, 4.69) is 20.8 Å². The van der Waals surface area contributed by atoms with Crippen LogP contribution in [0.2, 0.25) is 0 Å². The first-order valence-corrected chi connectivity index (χ1v) is 11.4. The van der Waals surface area contributed by atoms with Gasteiger partial charge in [0.15, 0.2) is 0 Å². The molecule has 170 valence electrons. The third-order valence-electron chi connectivity index (χ3n) is 8.98. The van der Waals surface area contributed by atoms with Crippen LogP contribution in [0.3, 0.4) is 0 Å². The molecule has 3 aliphatic carbocycles. The van der Waals surface area contributed by atoms with E-state index >= 15 is 0 Å². The van der Waals surface area contributed by atoms with Crippen LogP contribution in [0.5, 0.6) is 0 Å². The molecule has 2 aliphatic heterocycles. The first-order chi connectivity index (χ1) is 14.4. The van der Waals surface area contributed by atoms with Crippen LogP contribution in [0.1, 0.15) is 67.2 Å². The highest BCUT2D eigenvalue weighted by atomic mass is 16.6. The molecule has 4 fully saturated rings. The summed E-state index contributed by atoms with van der Waals surface area (Å²) in [5.41, 5.74) is 0.639. The molecule has 0 aromatic rings. The van der Waals surface area contributed by atoms with E-state index in [-0.39, 0.29) is 65.0 Å². The van der Waals surface area contributed by atoms with Gasteiger partial charge in [-0.2, -0.15) is 0 Å². The van der Waals surface area contributed by atoms with Gasteiger partial charge in [0.05, 0.1) is 0 Å². The van der Waals surface area contributed by atoms with Gasteiger partial charge >= 0.3 is 17.9 Å². The minimum atomic E-state index is -0.420. The average molecular weight is 433 g/mol. The summed E-state index contributed by atoms with van der Waals surface area (Å²) in [7, 11) is 0. The standard InChI is InChI=1S/C24H32O7/c1-11-18-14(30-21(11)27)9-16-23(6)8-7-17(29-13(3)26)22(4,5)19(23)15(28-12(2)25)10-24(16)20(18)31-24/h14-17,19-20H,7-10H2,1-6H3/t14-,15-,16+,17+,19-,20-,23+,24+/m1/s1. The Morgan fingerprint density at radius 3 is 2.42 bits per heavy atom. The molecule has 0 amide bonds. The molecule has 0 aromatic carbocycles. The number of ether oxygens (including phenoxy) is 4. The van der Waals surface area contributed by atoms with Crippen LogP contribution in [0.25, 0.3) is 0 Å². The summed E-state index contributed by atoms with van der Waals surface area (Å²) in [6.07, 6.45) is 1.94. The van der Waals surface area contributed by atoms with Crippen molar-refractivity contribution in [1.82, 2.24) is 0 Å². The number of hydrogen-bond donors (Lipinski definition) is 0.